The number of anilines is 1. The lowest BCUT2D eigenvalue weighted by atomic mass is 10.1. The smallest absolute Gasteiger partial charge is 0.341 e. The van der Waals surface area contributed by atoms with Crippen molar-refractivity contribution in [2.45, 2.75) is 13.5 Å². The summed E-state index contributed by atoms with van der Waals surface area (Å²) in [4.78, 5) is 35.0. The van der Waals surface area contributed by atoms with Crippen LogP contribution in [0.25, 0.3) is 10.9 Å². The minimum absolute atomic E-state index is 0.0143. The van der Waals surface area contributed by atoms with Gasteiger partial charge in [-0.25, -0.2) is 18.0 Å². The molecule has 178 valence electrons. The molecule has 33 heavy (non-hydrogen) atoms. The van der Waals surface area contributed by atoms with Crippen molar-refractivity contribution in [1.29, 1.82) is 0 Å². The van der Waals surface area contributed by atoms with Gasteiger partial charge in [-0.3, -0.25) is 4.79 Å². The molecule has 0 amide bonds. The van der Waals surface area contributed by atoms with E-state index in [9.17, 15) is 19.1 Å². The van der Waals surface area contributed by atoms with Crippen LogP contribution in [0.3, 0.4) is 0 Å². The number of nitrogens with two attached hydrogens (primary N) is 1. The number of pyridine rings is 1. The molecule has 1 atom stereocenters. The number of halogens is 3. The van der Waals surface area contributed by atoms with Crippen LogP contribution >= 0.6 is 0 Å². The molecule has 0 saturated carbocycles. The van der Waals surface area contributed by atoms with Crippen LogP contribution in [0.2, 0.25) is 0 Å². The highest BCUT2D eigenvalue weighted by Gasteiger charge is 2.36. The number of carbonyl (C=O) groups is 1. The van der Waals surface area contributed by atoms with E-state index in [0.29, 0.717) is 5.71 Å². The fourth-order valence-corrected chi connectivity index (χ4v) is 3.73. The van der Waals surface area contributed by atoms with E-state index < -0.39 is 64.3 Å². The van der Waals surface area contributed by atoms with Gasteiger partial charge in [-0.1, -0.05) is 10.3 Å². The lowest BCUT2D eigenvalue weighted by Gasteiger charge is -2.21. The number of hydrogen-bond donors (Lipinski definition) is 2. The van der Waals surface area contributed by atoms with Crippen LogP contribution in [0, 0.1) is 17.6 Å². The van der Waals surface area contributed by atoms with Crippen molar-refractivity contribution in [2.75, 3.05) is 38.4 Å². The fourth-order valence-electron chi connectivity index (χ4n) is 3.73. The minimum atomic E-state index is -1.59. The maximum absolute atomic E-state index is 15.7. The molecule has 0 spiro atoms. The highest BCUT2D eigenvalue weighted by molar-refractivity contribution is 6.10. The van der Waals surface area contributed by atoms with E-state index in [2.05, 4.69) is 15.1 Å². The average molecular weight is 469 g/mol. The van der Waals surface area contributed by atoms with Crippen LogP contribution < -0.4 is 16.1 Å². The van der Waals surface area contributed by atoms with Crippen LogP contribution in [0.4, 0.5) is 18.9 Å². The number of amidine groups is 1. The van der Waals surface area contributed by atoms with Crippen molar-refractivity contribution in [2.24, 2.45) is 22.0 Å². The van der Waals surface area contributed by atoms with Crippen LogP contribution in [-0.4, -0.2) is 60.7 Å². The Labute approximate surface area is 185 Å². The molecule has 3 N–H and O–H groups in total. The third-order valence-electron chi connectivity index (χ3n) is 5.12. The van der Waals surface area contributed by atoms with Gasteiger partial charge in [0.25, 0.3) is 0 Å². The maximum atomic E-state index is 15.7. The normalized spacial score (nSPS) is 17.7. The van der Waals surface area contributed by atoms with Gasteiger partial charge in [0.1, 0.15) is 43.3 Å². The van der Waals surface area contributed by atoms with Gasteiger partial charge in [0, 0.05) is 12.7 Å². The first-order valence-corrected chi connectivity index (χ1v) is 9.89. The molecular weight excluding hydrogens is 447 g/mol. The summed E-state index contributed by atoms with van der Waals surface area (Å²) in [5.74, 6) is -4.50. The highest BCUT2D eigenvalue weighted by Crippen LogP contribution is 2.33. The van der Waals surface area contributed by atoms with Crippen molar-refractivity contribution in [3.63, 3.8) is 0 Å². The Bertz CT molecular complexity index is 1200. The van der Waals surface area contributed by atoms with Crippen LogP contribution in [-0.2, 0) is 16.2 Å². The zero-order valence-corrected chi connectivity index (χ0v) is 17.8. The second-order valence-corrected chi connectivity index (χ2v) is 7.11. The molecule has 2 heterocycles. The van der Waals surface area contributed by atoms with Gasteiger partial charge in [0.2, 0.25) is 5.43 Å². The van der Waals surface area contributed by atoms with Crippen molar-refractivity contribution in [3.8, 4) is 0 Å². The van der Waals surface area contributed by atoms with Gasteiger partial charge in [0.15, 0.2) is 5.82 Å². The highest BCUT2D eigenvalue weighted by atomic mass is 19.1. The van der Waals surface area contributed by atoms with Gasteiger partial charge in [-0.05, 0) is 13.0 Å². The zero-order valence-electron chi connectivity index (χ0n) is 17.8. The third kappa shape index (κ3) is 4.43. The van der Waals surface area contributed by atoms with Crippen molar-refractivity contribution < 1.29 is 32.7 Å². The monoisotopic (exact) mass is 469 g/mol. The van der Waals surface area contributed by atoms with E-state index in [-0.39, 0.29) is 25.5 Å². The molecule has 10 nitrogen and oxygen atoms in total. The van der Waals surface area contributed by atoms with Gasteiger partial charge >= 0.3 is 5.97 Å². The SMILES string of the molecule is CCO/N=C1\CN(c2c(F)cc3c(=O)c(C(=O)O)cn(CCF)c3c2F)CC1/C(N)=N\OC. The summed E-state index contributed by atoms with van der Waals surface area (Å²) in [7, 11) is 1.29. The average Bonchev–Trinajstić information content (AvgIpc) is 3.18. The fraction of sp³-hybridized carbons (Fsp3) is 0.400. The third-order valence-corrected chi connectivity index (χ3v) is 5.12. The minimum Gasteiger partial charge on any atom is -0.477 e. The first-order chi connectivity index (χ1) is 15.7. The Hall–Kier alpha value is -3.77. The summed E-state index contributed by atoms with van der Waals surface area (Å²) >= 11 is 0. The first kappa shape index (κ1) is 23.9. The van der Waals surface area contributed by atoms with E-state index in [0.717, 1.165) is 16.8 Å². The molecule has 1 aromatic heterocycles. The van der Waals surface area contributed by atoms with E-state index >= 15 is 8.78 Å². The molecule has 0 bridgehead atoms. The summed E-state index contributed by atoms with van der Waals surface area (Å²) in [6.07, 6.45) is 0.843. The molecule has 3 rings (SSSR count). The number of fused-ring (bicyclic) bond motifs is 1. The van der Waals surface area contributed by atoms with Crippen molar-refractivity contribution >= 4 is 34.1 Å². The molecular formula is C20H22F3N5O5. The number of oxime groups is 2. The topological polar surface area (TPSA) is 132 Å². The second-order valence-electron chi connectivity index (χ2n) is 7.11. The van der Waals surface area contributed by atoms with Crippen molar-refractivity contribution in [3.05, 3.63) is 39.7 Å². The first-order valence-electron chi connectivity index (χ1n) is 9.89. The van der Waals surface area contributed by atoms with Crippen LogP contribution in [0.5, 0.6) is 0 Å². The number of aromatic carboxylic acids is 1. The predicted molar refractivity (Wildman–Crippen MR) is 114 cm³/mol. The molecule has 1 aromatic carbocycles. The number of hydrogen-bond acceptors (Lipinski definition) is 7. The molecule has 1 saturated heterocycles. The zero-order chi connectivity index (χ0) is 24.3. The second kappa shape index (κ2) is 9.79. The summed E-state index contributed by atoms with van der Waals surface area (Å²) in [5.41, 5.74) is 3.54. The molecule has 2 aromatic rings. The Morgan fingerprint density at radius 2 is 2.12 bits per heavy atom. The van der Waals surface area contributed by atoms with Gasteiger partial charge < -0.3 is 30.0 Å². The van der Waals surface area contributed by atoms with E-state index in [1.807, 2.05) is 0 Å². The van der Waals surface area contributed by atoms with E-state index in [4.69, 9.17) is 10.6 Å². The number of aryl methyl sites for hydroxylation is 1. The van der Waals surface area contributed by atoms with E-state index in [1.165, 1.54) is 12.0 Å². The van der Waals surface area contributed by atoms with E-state index in [1.54, 1.807) is 6.92 Å². The predicted octanol–water partition coefficient (Wildman–Crippen LogP) is 1.69. The molecule has 1 aliphatic heterocycles. The molecule has 13 heteroatoms. The lowest BCUT2D eigenvalue weighted by Crippen LogP contribution is -2.31. The Kier molecular flexibility index (Phi) is 7.09. The summed E-state index contributed by atoms with van der Waals surface area (Å²) in [6, 6.07) is 0.747. The number of carboxylic acid groups (broad SMARTS) is 1. The summed E-state index contributed by atoms with van der Waals surface area (Å²) < 4.78 is 44.8. The number of nitrogens with zero attached hydrogens (tertiary/aromatic N) is 4. The summed E-state index contributed by atoms with van der Waals surface area (Å²) in [6.45, 7) is 0.430. The molecule has 1 unspecified atom stereocenters. The van der Waals surface area contributed by atoms with Gasteiger partial charge in [-0.2, -0.15) is 0 Å². The summed E-state index contributed by atoms with van der Waals surface area (Å²) in [5, 5.41) is 16.4. The number of rotatable bonds is 8. The largest absolute Gasteiger partial charge is 0.477 e. The quantitative estimate of drug-likeness (QED) is 0.342. The number of benzene rings is 1. The van der Waals surface area contributed by atoms with Crippen LogP contribution in [0.1, 0.15) is 17.3 Å². The van der Waals surface area contributed by atoms with Gasteiger partial charge in [0.05, 0.1) is 35.6 Å². The van der Waals surface area contributed by atoms with Crippen LogP contribution in [0.15, 0.2) is 27.4 Å². The number of alkyl halides is 1. The Balaban J connectivity index is 2.20. The lowest BCUT2D eigenvalue weighted by molar-refractivity contribution is 0.0694. The molecule has 1 aliphatic rings. The maximum Gasteiger partial charge on any atom is 0.341 e. The molecule has 0 radical (unpaired) electrons. The Morgan fingerprint density at radius 3 is 2.73 bits per heavy atom. The Morgan fingerprint density at radius 1 is 1.39 bits per heavy atom. The van der Waals surface area contributed by atoms with Crippen molar-refractivity contribution in [1.82, 2.24) is 4.57 Å². The number of carboxylic acids is 1. The standard InChI is InChI=1S/C20H22F3N5O5/c1-3-33-25-14-9-28(7-11(14)19(24)26-32-2)17-13(22)6-10-16(15(17)23)27(5-4-21)8-12(18(10)29)20(30)31/h6,8,11H,3-5,7,9H2,1-2H3,(H2,24,26)(H,30,31)/b25-14+. The molecule has 0 aliphatic carbocycles. The van der Waals surface area contributed by atoms with Gasteiger partial charge in [-0.15, -0.1) is 0 Å². The molecule has 1 fully saturated rings. The number of aromatic nitrogens is 1.